The van der Waals surface area contributed by atoms with Crippen LogP contribution in [-0.2, 0) is 0 Å². The molecular formula is C12H19N3S2. The predicted molar refractivity (Wildman–Crippen MR) is 81.0 cm³/mol. The molecule has 2 N–H and O–H groups in total. The van der Waals surface area contributed by atoms with Gasteiger partial charge in [-0.25, -0.2) is 4.98 Å². The molecule has 1 rings (SSSR count). The van der Waals surface area contributed by atoms with Gasteiger partial charge in [0.2, 0.25) is 0 Å². The van der Waals surface area contributed by atoms with Crippen molar-refractivity contribution in [3.8, 4) is 0 Å². The lowest BCUT2D eigenvalue weighted by atomic mass is 10.2. The monoisotopic (exact) mass is 269 g/mol. The van der Waals surface area contributed by atoms with Gasteiger partial charge >= 0.3 is 0 Å². The van der Waals surface area contributed by atoms with Crippen LogP contribution in [-0.4, -0.2) is 35.1 Å². The molecule has 0 fully saturated rings. The van der Waals surface area contributed by atoms with Gasteiger partial charge in [-0.15, -0.1) is 0 Å². The third kappa shape index (κ3) is 4.16. The van der Waals surface area contributed by atoms with E-state index in [1.54, 1.807) is 6.20 Å². The largest absolute Gasteiger partial charge is 0.389 e. The molecule has 1 aromatic heterocycles. The molecule has 0 saturated carbocycles. The Kier molecular flexibility index (Phi) is 5.71. The second-order valence-electron chi connectivity index (χ2n) is 4.01. The number of rotatable bonds is 6. The summed E-state index contributed by atoms with van der Waals surface area (Å²) in [5.41, 5.74) is 6.49. The normalized spacial score (nSPS) is 12.2. The van der Waals surface area contributed by atoms with Crippen molar-refractivity contribution in [2.24, 2.45) is 5.73 Å². The van der Waals surface area contributed by atoms with E-state index in [9.17, 15) is 0 Å². The molecule has 0 amide bonds. The first-order valence-electron chi connectivity index (χ1n) is 5.54. The highest BCUT2D eigenvalue weighted by molar-refractivity contribution is 7.98. The van der Waals surface area contributed by atoms with Crippen molar-refractivity contribution >= 4 is 34.8 Å². The molecule has 0 aliphatic heterocycles. The first kappa shape index (κ1) is 14.3. The van der Waals surface area contributed by atoms with Crippen LogP contribution in [0.5, 0.6) is 0 Å². The van der Waals surface area contributed by atoms with Crippen LogP contribution in [0.1, 0.15) is 18.9 Å². The third-order valence-electron chi connectivity index (χ3n) is 2.79. The van der Waals surface area contributed by atoms with Crippen molar-refractivity contribution in [1.82, 2.24) is 4.98 Å². The van der Waals surface area contributed by atoms with Crippen molar-refractivity contribution in [1.29, 1.82) is 0 Å². The van der Waals surface area contributed by atoms with Gasteiger partial charge < -0.3 is 10.6 Å². The smallest absolute Gasteiger partial charge is 0.129 e. The quantitative estimate of drug-likeness (QED) is 0.803. The lowest BCUT2D eigenvalue weighted by molar-refractivity contribution is 0.662. The van der Waals surface area contributed by atoms with E-state index in [2.05, 4.69) is 30.1 Å². The van der Waals surface area contributed by atoms with Gasteiger partial charge in [-0.1, -0.05) is 12.2 Å². The highest BCUT2D eigenvalue weighted by Gasteiger charge is 2.11. The standard InChI is InChI=1S/C12H19N3S2/c1-9(5-7-17-3)15(2)11-8-10(12(13)16)4-6-14-11/h4,6,8-9H,5,7H2,1-3H3,(H2,13,16). The van der Waals surface area contributed by atoms with Crippen molar-refractivity contribution in [3.05, 3.63) is 23.9 Å². The molecule has 0 bridgehead atoms. The zero-order chi connectivity index (χ0) is 12.8. The first-order chi connectivity index (χ1) is 8.06. The van der Waals surface area contributed by atoms with E-state index in [-0.39, 0.29) is 0 Å². The number of aromatic nitrogens is 1. The first-order valence-corrected chi connectivity index (χ1v) is 7.34. The van der Waals surface area contributed by atoms with Crippen LogP contribution in [0.15, 0.2) is 18.3 Å². The van der Waals surface area contributed by atoms with Crippen LogP contribution in [0.3, 0.4) is 0 Å². The second-order valence-corrected chi connectivity index (χ2v) is 5.43. The number of hydrogen-bond donors (Lipinski definition) is 1. The highest BCUT2D eigenvalue weighted by Crippen LogP contribution is 2.16. The minimum absolute atomic E-state index is 0.416. The van der Waals surface area contributed by atoms with Gasteiger partial charge in [-0.05, 0) is 37.5 Å². The minimum atomic E-state index is 0.416. The summed E-state index contributed by atoms with van der Waals surface area (Å²) in [6.45, 7) is 2.20. The van der Waals surface area contributed by atoms with E-state index in [0.717, 1.165) is 23.6 Å². The van der Waals surface area contributed by atoms with Crippen molar-refractivity contribution in [2.75, 3.05) is 24.0 Å². The van der Waals surface area contributed by atoms with E-state index in [1.807, 2.05) is 23.9 Å². The summed E-state index contributed by atoms with van der Waals surface area (Å²) < 4.78 is 0. The van der Waals surface area contributed by atoms with Crippen LogP contribution in [0.25, 0.3) is 0 Å². The van der Waals surface area contributed by atoms with Crippen LogP contribution < -0.4 is 10.6 Å². The molecular weight excluding hydrogens is 250 g/mol. The number of pyridine rings is 1. The Morgan fingerprint density at radius 2 is 2.35 bits per heavy atom. The maximum atomic E-state index is 5.62. The highest BCUT2D eigenvalue weighted by atomic mass is 32.2. The molecule has 0 aromatic carbocycles. The number of thioether (sulfide) groups is 1. The average Bonchev–Trinajstić information content (AvgIpc) is 2.35. The number of hydrogen-bond acceptors (Lipinski definition) is 4. The molecule has 0 aliphatic carbocycles. The van der Waals surface area contributed by atoms with Crippen LogP contribution in [0, 0.1) is 0 Å². The second kappa shape index (κ2) is 6.81. The lowest BCUT2D eigenvalue weighted by Crippen LogP contribution is -2.30. The van der Waals surface area contributed by atoms with Crippen molar-refractivity contribution in [2.45, 2.75) is 19.4 Å². The van der Waals surface area contributed by atoms with Crippen molar-refractivity contribution in [3.63, 3.8) is 0 Å². The fourth-order valence-electron chi connectivity index (χ4n) is 1.47. The molecule has 1 atom stereocenters. The van der Waals surface area contributed by atoms with E-state index < -0.39 is 0 Å². The fraction of sp³-hybridized carbons (Fsp3) is 0.500. The number of anilines is 1. The third-order valence-corrected chi connectivity index (χ3v) is 3.67. The SMILES string of the molecule is CSCCC(C)N(C)c1cc(C(N)=S)ccn1. The summed E-state index contributed by atoms with van der Waals surface area (Å²) in [6, 6.07) is 4.24. The van der Waals surface area contributed by atoms with E-state index >= 15 is 0 Å². The van der Waals surface area contributed by atoms with Crippen molar-refractivity contribution < 1.29 is 0 Å². The summed E-state index contributed by atoms with van der Waals surface area (Å²) in [5.74, 6) is 2.07. The average molecular weight is 269 g/mol. The maximum Gasteiger partial charge on any atom is 0.129 e. The number of nitrogens with two attached hydrogens (primary N) is 1. The topological polar surface area (TPSA) is 42.1 Å². The Morgan fingerprint density at radius 3 is 2.94 bits per heavy atom. The zero-order valence-corrected chi connectivity index (χ0v) is 12.1. The fourth-order valence-corrected chi connectivity index (χ4v) is 2.18. The molecule has 17 heavy (non-hydrogen) atoms. The Hall–Kier alpha value is -0.810. The Balaban J connectivity index is 2.77. The summed E-state index contributed by atoms with van der Waals surface area (Å²) in [4.78, 5) is 6.94. The number of nitrogens with zero attached hydrogens (tertiary/aromatic N) is 2. The van der Waals surface area contributed by atoms with E-state index in [4.69, 9.17) is 18.0 Å². The van der Waals surface area contributed by atoms with E-state index in [1.165, 1.54) is 0 Å². The van der Waals surface area contributed by atoms with Gasteiger partial charge in [0, 0.05) is 24.8 Å². The Morgan fingerprint density at radius 1 is 1.65 bits per heavy atom. The van der Waals surface area contributed by atoms with Crippen LogP contribution >= 0.6 is 24.0 Å². The molecule has 1 aromatic rings. The van der Waals surface area contributed by atoms with Gasteiger partial charge in [0.15, 0.2) is 0 Å². The Bertz CT molecular complexity index is 382. The van der Waals surface area contributed by atoms with Crippen LogP contribution in [0.2, 0.25) is 0 Å². The van der Waals surface area contributed by atoms with Gasteiger partial charge in [0.1, 0.15) is 10.8 Å². The lowest BCUT2D eigenvalue weighted by Gasteiger charge is -2.26. The molecule has 0 aliphatic rings. The molecule has 1 heterocycles. The van der Waals surface area contributed by atoms with Gasteiger partial charge in [0.25, 0.3) is 0 Å². The molecule has 94 valence electrons. The van der Waals surface area contributed by atoms with Gasteiger partial charge in [-0.2, -0.15) is 11.8 Å². The summed E-state index contributed by atoms with van der Waals surface area (Å²) in [6.07, 6.45) is 5.01. The number of thiocarbonyl (C=S) groups is 1. The molecule has 0 saturated heterocycles. The summed E-state index contributed by atoms with van der Waals surface area (Å²) in [7, 11) is 2.05. The molecule has 1 unspecified atom stereocenters. The maximum absolute atomic E-state index is 5.62. The molecule has 0 spiro atoms. The molecule has 5 heteroatoms. The minimum Gasteiger partial charge on any atom is -0.389 e. The van der Waals surface area contributed by atoms with Gasteiger partial charge in [0.05, 0.1) is 0 Å². The predicted octanol–water partition coefficient (Wildman–Crippen LogP) is 2.29. The van der Waals surface area contributed by atoms with E-state index in [0.29, 0.717) is 11.0 Å². The van der Waals surface area contributed by atoms with Gasteiger partial charge in [-0.3, -0.25) is 0 Å². The molecule has 3 nitrogen and oxygen atoms in total. The summed E-state index contributed by atoms with van der Waals surface area (Å²) in [5, 5.41) is 0. The Labute approximate surface area is 113 Å². The van der Waals surface area contributed by atoms with Crippen LogP contribution in [0.4, 0.5) is 5.82 Å². The molecule has 0 radical (unpaired) electrons. The zero-order valence-electron chi connectivity index (χ0n) is 10.5. The summed E-state index contributed by atoms with van der Waals surface area (Å²) >= 11 is 6.83.